The summed E-state index contributed by atoms with van der Waals surface area (Å²) in [5, 5.41) is 5.50. The number of anilines is 1. The van der Waals surface area contributed by atoms with Crippen molar-refractivity contribution in [3.05, 3.63) is 95.1 Å². The predicted octanol–water partition coefficient (Wildman–Crippen LogP) is 3.74. The molecule has 4 aliphatic rings. The highest BCUT2D eigenvalue weighted by molar-refractivity contribution is 6.00. The molecule has 3 amide bonds. The lowest BCUT2D eigenvalue weighted by atomic mass is 9.88. The molecule has 0 radical (unpaired) electrons. The van der Waals surface area contributed by atoms with Gasteiger partial charge in [-0.15, -0.1) is 0 Å². The smallest absolute Gasteiger partial charge is 0.251 e. The van der Waals surface area contributed by atoms with E-state index in [0.29, 0.717) is 50.1 Å². The summed E-state index contributed by atoms with van der Waals surface area (Å²) >= 11 is 0. The molecule has 3 atom stereocenters. The van der Waals surface area contributed by atoms with Gasteiger partial charge in [0.2, 0.25) is 11.8 Å². The number of hydrogen-bond acceptors (Lipinski definition) is 5. The van der Waals surface area contributed by atoms with Crippen LogP contribution in [0.25, 0.3) is 0 Å². The van der Waals surface area contributed by atoms with E-state index >= 15 is 4.39 Å². The number of nitrogens with one attached hydrogen (secondary N) is 2. The summed E-state index contributed by atoms with van der Waals surface area (Å²) in [6.07, 6.45) is 4.71. The van der Waals surface area contributed by atoms with Crippen molar-refractivity contribution in [1.82, 2.24) is 20.1 Å². The molecule has 3 aromatic rings. The third-order valence-corrected chi connectivity index (χ3v) is 9.51. The van der Waals surface area contributed by atoms with Gasteiger partial charge in [0.05, 0.1) is 17.3 Å². The van der Waals surface area contributed by atoms with Crippen molar-refractivity contribution in [3.63, 3.8) is 0 Å². The van der Waals surface area contributed by atoms with Crippen molar-refractivity contribution in [2.24, 2.45) is 11.3 Å². The van der Waals surface area contributed by atoms with Gasteiger partial charge < -0.3 is 15.5 Å². The van der Waals surface area contributed by atoms with E-state index in [1.807, 2.05) is 36.4 Å². The van der Waals surface area contributed by atoms with Crippen LogP contribution in [0.15, 0.2) is 66.9 Å². The number of fused-ring (bicyclic) bond motifs is 1. The molecule has 2 saturated heterocycles. The van der Waals surface area contributed by atoms with Gasteiger partial charge in [-0.05, 0) is 60.9 Å². The Kier molecular flexibility index (Phi) is 6.77. The molecule has 3 fully saturated rings. The molecule has 4 heterocycles. The van der Waals surface area contributed by atoms with Crippen LogP contribution >= 0.6 is 0 Å². The summed E-state index contributed by atoms with van der Waals surface area (Å²) in [4.78, 5) is 48.8. The number of hydrogen-bond donors (Lipinski definition) is 2. The van der Waals surface area contributed by atoms with Crippen LogP contribution in [-0.2, 0) is 22.6 Å². The Morgan fingerprint density at radius 3 is 2.62 bits per heavy atom. The Labute approximate surface area is 244 Å². The molecular weight excluding hydrogens is 533 g/mol. The van der Waals surface area contributed by atoms with E-state index < -0.39 is 11.9 Å². The van der Waals surface area contributed by atoms with Crippen molar-refractivity contribution in [1.29, 1.82) is 0 Å². The first kappa shape index (κ1) is 26.8. The highest BCUT2D eigenvalue weighted by atomic mass is 19.1. The number of rotatable bonds is 6. The molecule has 1 saturated carbocycles. The molecular formula is C33H34FN5O3. The zero-order valence-electron chi connectivity index (χ0n) is 23.4. The Bertz CT molecular complexity index is 1530. The summed E-state index contributed by atoms with van der Waals surface area (Å²) in [6, 6.07) is 18.3. The van der Waals surface area contributed by atoms with Crippen molar-refractivity contribution in [2.45, 2.75) is 44.2 Å². The standard InChI is InChI=1S/C33H34FN5O3/c34-29-23-11-15-36-30(40)24(23)9-10-27(29)37-31(41)28-16-33(12-13-33)20-39(28)32(42)26-19-38(17-22-8-4-5-14-35-22)18-25(26)21-6-2-1-3-7-21/h1-10,14,25-26,28H,11-13,15-20H2,(H,36,40)(H,37,41)/t25-,26+,28-/m0/s1. The van der Waals surface area contributed by atoms with Gasteiger partial charge in [-0.2, -0.15) is 0 Å². The number of carbonyl (C=O) groups excluding carboxylic acids is 3. The summed E-state index contributed by atoms with van der Waals surface area (Å²) in [6.45, 7) is 2.86. The van der Waals surface area contributed by atoms with Gasteiger partial charge in [-0.1, -0.05) is 36.4 Å². The molecule has 42 heavy (non-hydrogen) atoms. The van der Waals surface area contributed by atoms with Crippen LogP contribution in [0.4, 0.5) is 10.1 Å². The maximum absolute atomic E-state index is 15.4. The van der Waals surface area contributed by atoms with E-state index in [0.717, 1.165) is 30.6 Å². The molecule has 9 heteroatoms. The van der Waals surface area contributed by atoms with Gasteiger partial charge in [-0.3, -0.25) is 24.3 Å². The van der Waals surface area contributed by atoms with Crippen molar-refractivity contribution < 1.29 is 18.8 Å². The number of nitrogens with zero attached hydrogens (tertiary/aromatic N) is 3. The molecule has 7 rings (SSSR count). The van der Waals surface area contributed by atoms with E-state index in [-0.39, 0.29) is 40.7 Å². The van der Waals surface area contributed by atoms with Gasteiger partial charge in [0.1, 0.15) is 6.04 Å². The topological polar surface area (TPSA) is 94.6 Å². The molecule has 1 aromatic heterocycles. The number of aromatic nitrogens is 1. The summed E-state index contributed by atoms with van der Waals surface area (Å²) in [7, 11) is 0. The number of benzene rings is 2. The minimum absolute atomic E-state index is 0.00823. The van der Waals surface area contributed by atoms with E-state index in [1.54, 1.807) is 17.2 Å². The van der Waals surface area contributed by atoms with Gasteiger partial charge in [0.15, 0.2) is 5.82 Å². The highest BCUT2D eigenvalue weighted by Gasteiger charge is 2.56. The van der Waals surface area contributed by atoms with E-state index in [2.05, 4.69) is 32.7 Å². The Morgan fingerprint density at radius 2 is 1.86 bits per heavy atom. The van der Waals surface area contributed by atoms with Crippen LogP contribution in [0.3, 0.4) is 0 Å². The van der Waals surface area contributed by atoms with Crippen LogP contribution in [-0.4, -0.2) is 64.7 Å². The van der Waals surface area contributed by atoms with Gasteiger partial charge in [-0.25, -0.2) is 4.39 Å². The predicted molar refractivity (Wildman–Crippen MR) is 155 cm³/mol. The summed E-state index contributed by atoms with van der Waals surface area (Å²) in [5.41, 5.74) is 2.72. The number of amides is 3. The summed E-state index contributed by atoms with van der Waals surface area (Å²) < 4.78 is 15.4. The molecule has 0 unspecified atom stereocenters. The maximum atomic E-state index is 15.4. The van der Waals surface area contributed by atoms with Gasteiger partial charge in [0.25, 0.3) is 5.91 Å². The fourth-order valence-electron chi connectivity index (χ4n) is 7.08. The third kappa shape index (κ3) is 4.96. The van der Waals surface area contributed by atoms with Gasteiger partial charge >= 0.3 is 0 Å². The SMILES string of the molecule is O=C1NCCc2c1ccc(NC(=O)[C@@H]1CC3(CC3)CN1C(=O)[C@@H]1CN(Cc3ccccn3)C[C@H]1c1ccccc1)c2F. The maximum Gasteiger partial charge on any atom is 0.251 e. The number of likely N-dealkylation sites (tertiary alicyclic amines) is 2. The first-order valence-electron chi connectivity index (χ1n) is 14.8. The van der Waals surface area contributed by atoms with Gasteiger partial charge in [0, 0.05) is 56.0 Å². The number of halogens is 1. The molecule has 1 aliphatic carbocycles. The van der Waals surface area contributed by atoms with Crippen LogP contribution in [0.1, 0.15) is 52.4 Å². The summed E-state index contributed by atoms with van der Waals surface area (Å²) in [5.74, 6) is -1.58. The normalized spacial score (nSPS) is 24.4. The van der Waals surface area contributed by atoms with Crippen LogP contribution < -0.4 is 10.6 Å². The zero-order chi connectivity index (χ0) is 28.8. The molecule has 3 aliphatic heterocycles. The van der Waals surface area contributed by atoms with E-state index in [4.69, 9.17) is 0 Å². The molecule has 2 N–H and O–H groups in total. The molecule has 2 aromatic carbocycles. The number of carbonyl (C=O) groups is 3. The Morgan fingerprint density at radius 1 is 1.05 bits per heavy atom. The first-order chi connectivity index (χ1) is 20.4. The zero-order valence-corrected chi connectivity index (χ0v) is 23.4. The average molecular weight is 568 g/mol. The van der Waals surface area contributed by atoms with E-state index in [1.165, 1.54) is 6.07 Å². The lowest BCUT2D eigenvalue weighted by Crippen LogP contribution is -2.47. The lowest BCUT2D eigenvalue weighted by Gasteiger charge is -2.29. The second-order valence-electron chi connectivity index (χ2n) is 12.3. The fraction of sp³-hybridized carbons (Fsp3) is 0.394. The Balaban J connectivity index is 1.14. The van der Waals surface area contributed by atoms with Crippen LogP contribution in [0.5, 0.6) is 0 Å². The number of pyridine rings is 1. The minimum Gasteiger partial charge on any atom is -0.352 e. The van der Waals surface area contributed by atoms with Crippen molar-refractivity contribution in [2.75, 3.05) is 31.5 Å². The second-order valence-corrected chi connectivity index (χ2v) is 12.3. The highest BCUT2D eigenvalue weighted by Crippen LogP contribution is 2.55. The largest absolute Gasteiger partial charge is 0.352 e. The molecule has 216 valence electrons. The first-order valence-corrected chi connectivity index (χ1v) is 14.8. The Hall–Kier alpha value is -4.11. The fourth-order valence-corrected chi connectivity index (χ4v) is 7.08. The van der Waals surface area contributed by atoms with Crippen LogP contribution in [0.2, 0.25) is 0 Å². The molecule has 0 bridgehead atoms. The monoisotopic (exact) mass is 567 g/mol. The third-order valence-electron chi connectivity index (χ3n) is 9.51. The second kappa shape index (κ2) is 10.6. The van der Waals surface area contributed by atoms with Crippen molar-refractivity contribution >= 4 is 23.4 Å². The van der Waals surface area contributed by atoms with Crippen molar-refractivity contribution in [3.8, 4) is 0 Å². The minimum atomic E-state index is -0.667. The van der Waals surface area contributed by atoms with E-state index in [9.17, 15) is 14.4 Å². The molecule has 1 spiro atoms. The average Bonchev–Trinajstić information content (AvgIpc) is 3.46. The quantitative estimate of drug-likeness (QED) is 0.473. The lowest BCUT2D eigenvalue weighted by molar-refractivity contribution is -0.140. The molecule has 8 nitrogen and oxygen atoms in total. The van der Waals surface area contributed by atoms with Crippen LogP contribution in [0, 0.1) is 17.2 Å².